The molecule has 0 bridgehead atoms. The van der Waals surface area contributed by atoms with Crippen molar-refractivity contribution in [2.45, 2.75) is 0 Å². The standard InChI is InChI=1S/2BrH.H2O.Zn/h2*1H;1H2;/q;;;+2/p-2. The van der Waals surface area contributed by atoms with Gasteiger partial charge in [-0.2, -0.15) is 0 Å². The van der Waals surface area contributed by atoms with Crippen LogP contribution in [0.25, 0.3) is 0 Å². The van der Waals surface area contributed by atoms with Crippen molar-refractivity contribution < 1.29 is 18.7 Å². The first kappa shape index (κ1) is 9.11. The van der Waals surface area contributed by atoms with Gasteiger partial charge in [0.25, 0.3) is 0 Å². The third-order valence-electron chi connectivity index (χ3n) is 0. The Morgan fingerprint density at radius 1 is 1.25 bits per heavy atom. The van der Waals surface area contributed by atoms with Gasteiger partial charge in [0.15, 0.2) is 0 Å². The van der Waals surface area contributed by atoms with Crippen molar-refractivity contribution in [3.05, 3.63) is 0 Å². The van der Waals surface area contributed by atoms with E-state index in [4.69, 9.17) is 0 Å². The third kappa shape index (κ3) is 9.62. The number of hydrogen-bond donors (Lipinski definition) is 0. The molecule has 0 saturated heterocycles. The molecule has 0 aromatic rings. The van der Waals surface area contributed by atoms with Crippen LogP contribution in [-0.4, -0.2) is 5.48 Å². The van der Waals surface area contributed by atoms with Crippen molar-refractivity contribution in [1.82, 2.24) is 0 Å². The molecule has 0 spiro atoms. The summed E-state index contributed by atoms with van der Waals surface area (Å²) in [6.45, 7) is 0. The third-order valence-corrected chi connectivity index (χ3v) is 0. The second kappa shape index (κ2) is 8.82. The Kier molecular flexibility index (Phi) is 20.1. The molecule has 0 unspecified atom stereocenters. The van der Waals surface area contributed by atoms with Crippen LogP contribution in [0, 0.1) is 0 Å². The van der Waals surface area contributed by atoms with Gasteiger partial charge in [-0.25, -0.2) is 0 Å². The van der Waals surface area contributed by atoms with Crippen LogP contribution >= 0.6 is 27.2 Å². The first-order valence-electron chi connectivity index (χ1n) is 0.535. The molecule has 0 radical (unpaired) electrons. The van der Waals surface area contributed by atoms with Gasteiger partial charge >= 0.3 is 40.5 Å². The first-order chi connectivity index (χ1) is 1.41. The van der Waals surface area contributed by atoms with Gasteiger partial charge in [-0.3, -0.25) is 0 Å². The van der Waals surface area contributed by atoms with E-state index >= 15 is 0 Å². The van der Waals surface area contributed by atoms with Crippen LogP contribution < -0.4 is 0 Å². The molecule has 0 atom stereocenters. The summed E-state index contributed by atoms with van der Waals surface area (Å²) in [7, 11) is 0. The SMILES string of the molecule is O.[Br][Zn][Br]. The minimum absolute atomic E-state index is 0. The van der Waals surface area contributed by atoms with Crippen LogP contribution in [0.15, 0.2) is 0 Å². The molecule has 1 nitrogen and oxygen atoms in total. The molecule has 0 saturated carbocycles. The van der Waals surface area contributed by atoms with Crippen LogP contribution in [-0.2, 0) is 13.2 Å². The van der Waals surface area contributed by atoms with E-state index in [9.17, 15) is 0 Å². The second-order valence-corrected chi connectivity index (χ2v) is 14.2. The molecule has 0 aromatic carbocycles. The summed E-state index contributed by atoms with van der Waals surface area (Å²) in [5.74, 6) is 0. The fourth-order valence-corrected chi connectivity index (χ4v) is 0. The molecule has 0 aromatic heterocycles. The molecule has 0 fully saturated rings. The number of rotatable bonds is 0. The van der Waals surface area contributed by atoms with E-state index in [1.165, 1.54) is 0 Å². The van der Waals surface area contributed by atoms with Crippen LogP contribution in [0.4, 0.5) is 0 Å². The molecule has 0 aliphatic rings. The van der Waals surface area contributed by atoms with E-state index < -0.39 is 0 Å². The monoisotopic (exact) mass is 240 g/mol. The fourth-order valence-electron chi connectivity index (χ4n) is 0. The summed E-state index contributed by atoms with van der Waals surface area (Å²) in [5.41, 5.74) is 0. The quantitative estimate of drug-likeness (QED) is 0.565. The summed E-state index contributed by atoms with van der Waals surface area (Å²) in [6.07, 6.45) is 0. The summed E-state index contributed by atoms with van der Waals surface area (Å²) in [4.78, 5) is 0. The van der Waals surface area contributed by atoms with Crippen molar-refractivity contribution in [3.8, 4) is 0 Å². The van der Waals surface area contributed by atoms with Gasteiger partial charge in [0.2, 0.25) is 0 Å². The Balaban J connectivity index is 0. The zero-order valence-corrected chi connectivity index (χ0v) is 8.10. The molecule has 4 heavy (non-hydrogen) atoms. The summed E-state index contributed by atoms with van der Waals surface area (Å²) in [5, 5.41) is 0. The normalized spacial score (nSPS) is 2.50. The first-order valence-corrected chi connectivity index (χ1v) is 14.4. The minimum atomic E-state index is -0.250. The number of halogens is 2. The molecule has 0 rings (SSSR count). The molecule has 0 heterocycles. The van der Waals surface area contributed by atoms with E-state index in [0.29, 0.717) is 0 Å². The van der Waals surface area contributed by atoms with E-state index in [1.54, 1.807) is 0 Å². The van der Waals surface area contributed by atoms with Gasteiger partial charge < -0.3 is 5.48 Å². The predicted molar refractivity (Wildman–Crippen MR) is 21.5 cm³/mol. The van der Waals surface area contributed by atoms with Crippen LogP contribution in [0.5, 0.6) is 0 Å². The molecular weight excluding hydrogens is 241 g/mol. The fraction of sp³-hybridized carbons (Fsp3) is 0. The molecule has 0 aliphatic carbocycles. The zero-order valence-electron chi connectivity index (χ0n) is 1.96. The van der Waals surface area contributed by atoms with E-state index in [2.05, 4.69) is 27.2 Å². The van der Waals surface area contributed by atoms with Crippen molar-refractivity contribution >= 4 is 27.2 Å². The van der Waals surface area contributed by atoms with E-state index in [1.807, 2.05) is 0 Å². The summed E-state index contributed by atoms with van der Waals surface area (Å²) in [6, 6.07) is 0. The Labute approximate surface area is 45.8 Å². The Bertz CT molecular complexity index is 6.00. The number of hydrogen-bond acceptors (Lipinski definition) is 0. The molecular formula is H2Br2OZn. The summed E-state index contributed by atoms with van der Waals surface area (Å²) < 4.78 is 0. The van der Waals surface area contributed by atoms with Gasteiger partial charge in [-0.1, -0.05) is 0 Å². The van der Waals surface area contributed by atoms with Crippen LogP contribution in [0.3, 0.4) is 0 Å². The van der Waals surface area contributed by atoms with Crippen molar-refractivity contribution in [2.75, 3.05) is 0 Å². The maximum absolute atomic E-state index is 3.25. The van der Waals surface area contributed by atoms with Gasteiger partial charge in [-0.15, -0.1) is 0 Å². The summed E-state index contributed by atoms with van der Waals surface area (Å²) >= 11 is 6.25. The predicted octanol–water partition coefficient (Wildman–Crippen LogP) is 0.864. The molecule has 24 valence electrons. The second-order valence-electron chi connectivity index (χ2n) is 0.101. The van der Waals surface area contributed by atoms with Crippen LogP contribution in [0.1, 0.15) is 0 Å². The van der Waals surface area contributed by atoms with Crippen molar-refractivity contribution in [1.29, 1.82) is 0 Å². The Morgan fingerprint density at radius 2 is 1.25 bits per heavy atom. The topological polar surface area (TPSA) is 31.5 Å². The van der Waals surface area contributed by atoms with Gasteiger partial charge in [0, 0.05) is 0 Å². The molecule has 2 N–H and O–H groups in total. The van der Waals surface area contributed by atoms with Crippen molar-refractivity contribution in [3.63, 3.8) is 0 Å². The average molecular weight is 243 g/mol. The van der Waals surface area contributed by atoms with E-state index in [0.717, 1.165) is 0 Å². The maximum atomic E-state index is 3.25. The Hall–Kier alpha value is 1.54. The van der Waals surface area contributed by atoms with Crippen molar-refractivity contribution in [2.24, 2.45) is 0 Å². The van der Waals surface area contributed by atoms with E-state index in [-0.39, 0.29) is 18.7 Å². The zero-order chi connectivity index (χ0) is 2.71. The molecule has 0 aliphatic heterocycles. The molecule has 0 amide bonds. The Morgan fingerprint density at radius 3 is 1.25 bits per heavy atom. The van der Waals surface area contributed by atoms with Gasteiger partial charge in [0.1, 0.15) is 0 Å². The van der Waals surface area contributed by atoms with Gasteiger partial charge in [0.05, 0.1) is 0 Å². The van der Waals surface area contributed by atoms with Crippen LogP contribution in [0.2, 0.25) is 0 Å². The molecule has 4 heteroatoms. The average Bonchev–Trinajstić information content (AvgIpc) is 0.918. The van der Waals surface area contributed by atoms with Gasteiger partial charge in [-0.05, 0) is 0 Å².